The van der Waals surface area contributed by atoms with Crippen LogP contribution in [0.4, 0.5) is 4.79 Å². The summed E-state index contributed by atoms with van der Waals surface area (Å²) < 4.78 is 4.87. The molecule has 0 saturated heterocycles. The van der Waals surface area contributed by atoms with Crippen LogP contribution < -0.4 is 5.48 Å². The van der Waals surface area contributed by atoms with Crippen molar-refractivity contribution in [2.24, 2.45) is 5.92 Å². The summed E-state index contributed by atoms with van der Waals surface area (Å²) in [4.78, 5) is 27.0. The Hall–Kier alpha value is -2.04. The molecule has 0 atom stereocenters. The van der Waals surface area contributed by atoms with Crippen LogP contribution >= 0.6 is 0 Å². The number of ether oxygens (including phenoxy) is 1. The smallest absolute Gasteiger partial charge is 0.441 e. The number of benzene rings is 1. The van der Waals surface area contributed by atoms with Gasteiger partial charge in [-0.3, -0.25) is 0 Å². The highest BCUT2D eigenvalue weighted by atomic mass is 16.7. The molecule has 1 aliphatic carbocycles. The molecule has 0 radical (unpaired) electrons. The molecule has 0 aromatic heterocycles. The summed E-state index contributed by atoms with van der Waals surface area (Å²) in [5.41, 5.74) is 2.85. The Bertz CT molecular complexity index is 414. The van der Waals surface area contributed by atoms with E-state index in [-0.39, 0.29) is 6.61 Å². The van der Waals surface area contributed by atoms with Gasteiger partial charge in [0.1, 0.15) is 6.61 Å². The molecule has 1 amide bonds. The molecule has 5 heteroatoms. The molecule has 1 fully saturated rings. The van der Waals surface area contributed by atoms with Gasteiger partial charge in [0.05, 0.1) is 6.42 Å². The van der Waals surface area contributed by atoms with Gasteiger partial charge in [-0.05, 0) is 24.3 Å². The molecule has 0 heterocycles. The molecule has 96 valence electrons. The number of amides is 1. The number of carbonyl (C=O) groups is 2. The summed E-state index contributed by atoms with van der Waals surface area (Å²) in [5.74, 6) is 0.00815. The lowest BCUT2D eigenvalue weighted by atomic mass is 10.2. The summed E-state index contributed by atoms with van der Waals surface area (Å²) in [5, 5.41) is 0. The van der Waals surface area contributed by atoms with Crippen molar-refractivity contribution in [1.29, 1.82) is 0 Å². The molecule has 1 saturated carbocycles. The molecule has 1 aliphatic rings. The van der Waals surface area contributed by atoms with E-state index in [2.05, 4.69) is 4.84 Å². The van der Waals surface area contributed by atoms with E-state index in [4.69, 9.17) is 4.74 Å². The first-order valence-corrected chi connectivity index (χ1v) is 5.90. The van der Waals surface area contributed by atoms with Gasteiger partial charge in [-0.1, -0.05) is 30.3 Å². The largest absolute Gasteiger partial charge is 0.443 e. The van der Waals surface area contributed by atoms with E-state index in [0.717, 1.165) is 18.4 Å². The van der Waals surface area contributed by atoms with Crippen LogP contribution in [0.15, 0.2) is 30.3 Å². The minimum atomic E-state index is -0.761. The van der Waals surface area contributed by atoms with Crippen molar-refractivity contribution in [2.45, 2.75) is 25.9 Å². The van der Waals surface area contributed by atoms with Crippen molar-refractivity contribution >= 4 is 12.1 Å². The van der Waals surface area contributed by atoms with Crippen molar-refractivity contribution in [1.82, 2.24) is 5.48 Å². The summed E-state index contributed by atoms with van der Waals surface area (Å²) >= 11 is 0. The van der Waals surface area contributed by atoms with Gasteiger partial charge < -0.3 is 9.57 Å². The molecular formula is C13H15NO4. The van der Waals surface area contributed by atoms with Crippen LogP contribution in [0.5, 0.6) is 0 Å². The van der Waals surface area contributed by atoms with E-state index in [1.165, 1.54) is 0 Å². The molecule has 2 rings (SSSR count). The first kappa shape index (κ1) is 12.4. The molecule has 0 bridgehead atoms. The lowest BCUT2D eigenvalue weighted by molar-refractivity contribution is -0.150. The highest BCUT2D eigenvalue weighted by Gasteiger charge is 2.25. The highest BCUT2D eigenvalue weighted by Crippen LogP contribution is 2.32. The second-order valence-corrected chi connectivity index (χ2v) is 4.29. The number of hydrogen-bond donors (Lipinski definition) is 1. The van der Waals surface area contributed by atoms with Crippen LogP contribution in [-0.4, -0.2) is 12.1 Å². The summed E-state index contributed by atoms with van der Waals surface area (Å²) in [6.07, 6.45) is 1.73. The maximum absolute atomic E-state index is 11.2. The lowest BCUT2D eigenvalue weighted by Crippen LogP contribution is -2.27. The third-order valence-electron chi connectivity index (χ3n) is 2.61. The van der Waals surface area contributed by atoms with Crippen LogP contribution in [0, 0.1) is 5.92 Å². The average molecular weight is 249 g/mol. The SMILES string of the molecule is O=C(CC1CC1)ONC(=O)OCc1ccccc1. The zero-order valence-corrected chi connectivity index (χ0v) is 9.93. The molecule has 1 N–H and O–H groups in total. The molecule has 0 unspecified atom stereocenters. The minimum Gasteiger partial charge on any atom is -0.443 e. The first-order chi connectivity index (χ1) is 8.74. The number of hydroxylamine groups is 1. The van der Waals surface area contributed by atoms with Gasteiger partial charge in [0.2, 0.25) is 0 Å². The topological polar surface area (TPSA) is 64.6 Å². The molecule has 5 nitrogen and oxygen atoms in total. The second-order valence-electron chi connectivity index (χ2n) is 4.29. The first-order valence-electron chi connectivity index (χ1n) is 5.90. The van der Waals surface area contributed by atoms with Gasteiger partial charge in [-0.2, -0.15) is 0 Å². The normalized spacial score (nSPS) is 13.8. The Morgan fingerprint density at radius 2 is 1.94 bits per heavy atom. The van der Waals surface area contributed by atoms with E-state index in [1.807, 2.05) is 35.8 Å². The monoisotopic (exact) mass is 249 g/mol. The highest BCUT2D eigenvalue weighted by molar-refractivity contribution is 5.73. The quantitative estimate of drug-likeness (QED) is 0.830. The molecule has 1 aromatic rings. The summed E-state index contributed by atoms with van der Waals surface area (Å²) in [6, 6.07) is 9.26. The number of hydrogen-bond acceptors (Lipinski definition) is 4. The number of nitrogens with one attached hydrogen (secondary N) is 1. The van der Waals surface area contributed by atoms with Crippen LogP contribution in [0.25, 0.3) is 0 Å². The van der Waals surface area contributed by atoms with Gasteiger partial charge in [0.25, 0.3) is 0 Å². The zero-order valence-electron chi connectivity index (χ0n) is 9.93. The van der Waals surface area contributed by atoms with Crippen molar-refractivity contribution in [3.63, 3.8) is 0 Å². The van der Waals surface area contributed by atoms with Gasteiger partial charge >= 0.3 is 12.1 Å². The van der Waals surface area contributed by atoms with E-state index in [1.54, 1.807) is 0 Å². The van der Waals surface area contributed by atoms with E-state index < -0.39 is 12.1 Å². The fourth-order valence-electron chi connectivity index (χ4n) is 1.45. The van der Waals surface area contributed by atoms with Crippen molar-refractivity contribution in [2.75, 3.05) is 0 Å². The van der Waals surface area contributed by atoms with Crippen LogP contribution in [0.3, 0.4) is 0 Å². The predicted octanol–water partition coefficient (Wildman–Crippen LogP) is 2.17. The van der Waals surface area contributed by atoms with Crippen molar-refractivity contribution in [3.05, 3.63) is 35.9 Å². The van der Waals surface area contributed by atoms with Crippen LogP contribution in [0.2, 0.25) is 0 Å². The fourth-order valence-corrected chi connectivity index (χ4v) is 1.45. The van der Waals surface area contributed by atoms with Gasteiger partial charge in [-0.15, -0.1) is 5.48 Å². The Kier molecular flexibility index (Phi) is 4.17. The number of carbonyl (C=O) groups excluding carboxylic acids is 2. The summed E-state index contributed by atoms with van der Waals surface area (Å²) in [7, 11) is 0. The molecule has 1 aromatic carbocycles. The third kappa shape index (κ3) is 4.45. The lowest BCUT2D eigenvalue weighted by Gasteiger charge is -2.06. The second kappa shape index (κ2) is 6.05. The molecule has 0 spiro atoms. The van der Waals surface area contributed by atoms with Gasteiger partial charge in [0.15, 0.2) is 0 Å². The third-order valence-corrected chi connectivity index (χ3v) is 2.61. The Morgan fingerprint density at radius 3 is 2.61 bits per heavy atom. The Labute approximate surface area is 105 Å². The van der Waals surface area contributed by atoms with Gasteiger partial charge in [0, 0.05) is 0 Å². The van der Waals surface area contributed by atoms with Gasteiger partial charge in [-0.25, -0.2) is 9.59 Å². The molecular weight excluding hydrogens is 234 g/mol. The predicted molar refractivity (Wildman–Crippen MR) is 63.2 cm³/mol. The standard InChI is InChI=1S/C13H15NO4/c15-12(8-10-6-7-10)18-14-13(16)17-9-11-4-2-1-3-5-11/h1-5,10H,6-9H2,(H,14,16). The van der Waals surface area contributed by atoms with Crippen molar-refractivity contribution in [3.8, 4) is 0 Å². The minimum absolute atomic E-state index is 0.146. The van der Waals surface area contributed by atoms with E-state index >= 15 is 0 Å². The zero-order chi connectivity index (χ0) is 12.8. The number of rotatable bonds is 4. The van der Waals surface area contributed by atoms with Crippen LogP contribution in [0.1, 0.15) is 24.8 Å². The Morgan fingerprint density at radius 1 is 1.22 bits per heavy atom. The maximum atomic E-state index is 11.2. The van der Waals surface area contributed by atoms with E-state index in [0.29, 0.717) is 12.3 Å². The maximum Gasteiger partial charge on any atom is 0.441 e. The molecule has 0 aliphatic heterocycles. The summed E-state index contributed by atoms with van der Waals surface area (Å²) in [6.45, 7) is 0.146. The Balaban J connectivity index is 1.61. The fraction of sp³-hybridized carbons (Fsp3) is 0.385. The average Bonchev–Trinajstić information content (AvgIpc) is 3.19. The van der Waals surface area contributed by atoms with E-state index in [9.17, 15) is 9.59 Å². The van der Waals surface area contributed by atoms with Crippen LogP contribution in [-0.2, 0) is 21.0 Å². The molecule has 18 heavy (non-hydrogen) atoms. The van der Waals surface area contributed by atoms with Crippen molar-refractivity contribution < 1.29 is 19.2 Å².